The molecule has 2 aromatic heterocycles. The van der Waals surface area contributed by atoms with E-state index in [-0.39, 0.29) is 21.8 Å². The normalized spacial score (nSPS) is 19.1. The summed E-state index contributed by atoms with van der Waals surface area (Å²) < 4.78 is 15.4. The Morgan fingerprint density at radius 2 is 1.39 bits per heavy atom. The molecule has 0 radical (unpaired) electrons. The molecule has 3 aromatic carbocycles. The van der Waals surface area contributed by atoms with Crippen LogP contribution in [0.5, 0.6) is 11.5 Å². The minimum absolute atomic E-state index is 0.00176. The Bertz CT molecular complexity index is 2080. The summed E-state index contributed by atoms with van der Waals surface area (Å²) in [6.07, 6.45) is 6.99. The van der Waals surface area contributed by atoms with Crippen molar-refractivity contribution in [3.8, 4) is 17.3 Å². The maximum Gasteiger partial charge on any atom is 0.216 e. The van der Waals surface area contributed by atoms with Gasteiger partial charge in [-0.1, -0.05) is 81.2 Å². The number of ether oxygens (including phenoxy) is 2. The van der Waals surface area contributed by atoms with Gasteiger partial charge in [0.2, 0.25) is 5.90 Å². The van der Waals surface area contributed by atoms with Crippen molar-refractivity contribution in [1.29, 1.82) is 0 Å². The van der Waals surface area contributed by atoms with Crippen molar-refractivity contribution < 1.29 is 9.47 Å². The third kappa shape index (κ3) is 6.37. The first-order valence-corrected chi connectivity index (χ1v) is 18.1. The van der Waals surface area contributed by atoms with Gasteiger partial charge < -0.3 is 9.47 Å². The molecule has 0 bridgehead atoms. The molecule has 0 unspecified atom stereocenters. The van der Waals surface area contributed by atoms with Crippen LogP contribution in [0, 0.1) is 5.92 Å². The summed E-state index contributed by atoms with van der Waals surface area (Å²) in [6, 6.07) is 24.2. The van der Waals surface area contributed by atoms with Gasteiger partial charge in [0, 0.05) is 28.6 Å². The van der Waals surface area contributed by atoms with Crippen LogP contribution in [0.4, 0.5) is 0 Å². The second-order valence-corrected chi connectivity index (χ2v) is 17.8. The fourth-order valence-electron chi connectivity index (χ4n) is 7.55. The number of aliphatic imine (C=N–C) groups is 1. The average Bonchev–Trinajstić information content (AvgIpc) is 3.78. The molecule has 1 aliphatic heterocycles. The molecule has 256 valence electrons. The Kier molecular flexibility index (Phi) is 8.00. The van der Waals surface area contributed by atoms with Gasteiger partial charge in [-0.25, -0.2) is 9.98 Å². The molecule has 0 spiro atoms. The standard InChI is InChI=1S/C44H53N3O2/c1-41(2,3)30-15-18-37-36(24-30)35-17-16-33(26-38(35)47(37)39-25-31(19-20-45-39)42(4,5)6)49-34-22-28(21-32(23-34)43(7,8)9)40-46-44(10,27-48-40)29-13-11-12-14-29/h15-26,29H,11-14,27H2,1-10H3/t44-/m0/s1. The summed E-state index contributed by atoms with van der Waals surface area (Å²) >= 11 is 0. The van der Waals surface area contributed by atoms with E-state index in [9.17, 15) is 0 Å². The van der Waals surface area contributed by atoms with Gasteiger partial charge in [-0.05, 0) is 113 Å². The van der Waals surface area contributed by atoms with Gasteiger partial charge in [-0.3, -0.25) is 4.57 Å². The van der Waals surface area contributed by atoms with Crippen molar-refractivity contribution in [2.75, 3.05) is 6.61 Å². The van der Waals surface area contributed by atoms with Crippen LogP contribution in [0.25, 0.3) is 27.6 Å². The molecule has 49 heavy (non-hydrogen) atoms. The summed E-state index contributed by atoms with van der Waals surface area (Å²) in [4.78, 5) is 10.1. The van der Waals surface area contributed by atoms with E-state index < -0.39 is 0 Å². The van der Waals surface area contributed by atoms with Crippen LogP contribution < -0.4 is 4.74 Å². The van der Waals surface area contributed by atoms with Gasteiger partial charge in [0.1, 0.15) is 23.9 Å². The first-order chi connectivity index (χ1) is 23.0. The predicted molar refractivity (Wildman–Crippen MR) is 204 cm³/mol. The number of benzene rings is 3. The zero-order valence-electron chi connectivity index (χ0n) is 31.2. The molecular formula is C44H53N3O2. The molecule has 1 atom stereocenters. The SMILES string of the molecule is CC(C)(C)c1cc(Oc2ccc3c4cc(C(C)(C)C)ccc4n(-c4cc(C(C)(C)C)ccn4)c3c2)cc(C2=N[C@](C)(C3CCCC3)CO2)c1. The van der Waals surface area contributed by atoms with Gasteiger partial charge in [0.15, 0.2) is 0 Å². The smallest absolute Gasteiger partial charge is 0.216 e. The Labute approximate surface area is 292 Å². The molecule has 3 heterocycles. The van der Waals surface area contributed by atoms with Crippen molar-refractivity contribution in [3.05, 3.63) is 95.2 Å². The molecule has 5 aromatic rings. The molecule has 7 rings (SSSR count). The van der Waals surface area contributed by atoms with Crippen LogP contribution in [0.1, 0.15) is 117 Å². The van der Waals surface area contributed by atoms with E-state index in [4.69, 9.17) is 19.5 Å². The Morgan fingerprint density at radius 1 is 0.694 bits per heavy atom. The molecule has 5 nitrogen and oxygen atoms in total. The highest BCUT2D eigenvalue weighted by Gasteiger charge is 2.41. The van der Waals surface area contributed by atoms with Gasteiger partial charge in [-0.2, -0.15) is 0 Å². The van der Waals surface area contributed by atoms with Gasteiger partial charge in [0.25, 0.3) is 0 Å². The number of rotatable bonds is 5. The van der Waals surface area contributed by atoms with Gasteiger partial charge >= 0.3 is 0 Å². The predicted octanol–water partition coefficient (Wildman–Crippen LogP) is 11.6. The van der Waals surface area contributed by atoms with Crippen LogP contribution in [0.3, 0.4) is 0 Å². The van der Waals surface area contributed by atoms with Crippen molar-refractivity contribution in [1.82, 2.24) is 9.55 Å². The van der Waals surface area contributed by atoms with Crippen molar-refractivity contribution in [2.45, 2.75) is 117 Å². The molecule has 2 aliphatic rings. The first kappa shape index (κ1) is 33.4. The van der Waals surface area contributed by atoms with E-state index in [2.05, 4.69) is 141 Å². The number of hydrogen-bond acceptors (Lipinski definition) is 4. The third-order valence-electron chi connectivity index (χ3n) is 10.8. The molecule has 5 heteroatoms. The fourth-order valence-corrected chi connectivity index (χ4v) is 7.55. The van der Waals surface area contributed by atoms with Crippen LogP contribution in [-0.4, -0.2) is 27.6 Å². The summed E-state index contributed by atoms with van der Waals surface area (Å²) in [5.74, 6) is 3.80. The Hall–Kier alpha value is -4.12. The second-order valence-electron chi connectivity index (χ2n) is 17.8. The third-order valence-corrected chi connectivity index (χ3v) is 10.8. The molecule has 1 aliphatic carbocycles. The molecule has 0 saturated heterocycles. The maximum atomic E-state index is 6.77. The van der Waals surface area contributed by atoms with E-state index in [1.54, 1.807) is 0 Å². The number of aromatic nitrogens is 2. The fraction of sp³-hybridized carbons (Fsp3) is 0.455. The van der Waals surface area contributed by atoms with Crippen molar-refractivity contribution in [2.24, 2.45) is 10.9 Å². The van der Waals surface area contributed by atoms with E-state index in [1.807, 2.05) is 6.20 Å². The average molecular weight is 656 g/mol. The summed E-state index contributed by atoms with van der Waals surface area (Å²) in [5.41, 5.74) is 6.74. The largest absolute Gasteiger partial charge is 0.475 e. The molecule has 1 fully saturated rings. The van der Waals surface area contributed by atoms with E-state index in [0.717, 1.165) is 39.8 Å². The summed E-state index contributed by atoms with van der Waals surface area (Å²) in [7, 11) is 0. The Morgan fingerprint density at radius 3 is 2.08 bits per heavy atom. The highest BCUT2D eigenvalue weighted by Crippen LogP contribution is 2.41. The molecule has 0 amide bonds. The molecule has 0 N–H and O–H groups in total. The van der Waals surface area contributed by atoms with Crippen molar-refractivity contribution >= 4 is 27.7 Å². The molecule has 1 saturated carbocycles. The second kappa shape index (κ2) is 11.7. The zero-order chi connectivity index (χ0) is 34.9. The van der Waals surface area contributed by atoms with E-state index in [1.165, 1.54) is 53.1 Å². The highest BCUT2D eigenvalue weighted by molar-refractivity contribution is 6.09. The van der Waals surface area contributed by atoms with Gasteiger partial charge in [-0.15, -0.1) is 0 Å². The molecular weight excluding hydrogens is 603 g/mol. The summed E-state index contributed by atoms with van der Waals surface area (Å²) in [6.45, 7) is 23.2. The number of fused-ring (bicyclic) bond motifs is 3. The lowest BCUT2D eigenvalue weighted by molar-refractivity contribution is 0.207. The van der Waals surface area contributed by atoms with Gasteiger partial charge in [0.05, 0.1) is 16.6 Å². The minimum atomic E-state index is -0.159. The van der Waals surface area contributed by atoms with Crippen LogP contribution in [-0.2, 0) is 21.0 Å². The minimum Gasteiger partial charge on any atom is -0.475 e. The number of hydrogen-bond donors (Lipinski definition) is 0. The van der Waals surface area contributed by atoms with Crippen molar-refractivity contribution in [3.63, 3.8) is 0 Å². The monoisotopic (exact) mass is 655 g/mol. The lowest BCUT2D eigenvalue weighted by Crippen LogP contribution is -2.32. The maximum absolute atomic E-state index is 6.77. The lowest BCUT2D eigenvalue weighted by atomic mass is 9.85. The quantitative estimate of drug-likeness (QED) is 0.189. The first-order valence-electron chi connectivity index (χ1n) is 18.1. The van der Waals surface area contributed by atoms with Crippen LogP contribution in [0.15, 0.2) is 77.9 Å². The summed E-state index contributed by atoms with van der Waals surface area (Å²) in [5, 5.41) is 2.40. The van der Waals surface area contributed by atoms with E-state index >= 15 is 0 Å². The van der Waals surface area contributed by atoms with E-state index in [0.29, 0.717) is 12.5 Å². The zero-order valence-corrected chi connectivity index (χ0v) is 31.2. The van der Waals surface area contributed by atoms with Crippen LogP contribution in [0.2, 0.25) is 0 Å². The number of pyridine rings is 1. The van der Waals surface area contributed by atoms with Crippen LogP contribution >= 0.6 is 0 Å². The topological polar surface area (TPSA) is 48.6 Å². The lowest BCUT2D eigenvalue weighted by Gasteiger charge is -2.25. The number of nitrogens with zero attached hydrogens (tertiary/aromatic N) is 3. The Balaban J connectivity index is 1.35. The highest BCUT2D eigenvalue weighted by atomic mass is 16.5.